The quantitative estimate of drug-likeness (QED) is 0.475. The summed E-state index contributed by atoms with van der Waals surface area (Å²) in [5.41, 5.74) is 3.75. The van der Waals surface area contributed by atoms with Gasteiger partial charge in [-0.05, 0) is 35.6 Å². The Morgan fingerprint density at radius 1 is 1.00 bits per heavy atom. The predicted octanol–water partition coefficient (Wildman–Crippen LogP) is 5.76. The molecular formula is C25H33NO3. The standard InChI is InChI=1S/C25H33NO3/c1-4-5-6-8-11-18(2)24(27)26-17-22-16-21(19(3)25(28)29)14-15-23(22)20-12-9-7-10-13-20/h7,9-10,12-16,18-19H,4-6,8,11,17H2,1-3H3,(H,26,27)(H,28,29). The van der Waals surface area contributed by atoms with E-state index in [-0.39, 0.29) is 11.8 Å². The van der Waals surface area contributed by atoms with E-state index in [0.29, 0.717) is 6.54 Å². The smallest absolute Gasteiger partial charge is 0.310 e. The van der Waals surface area contributed by atoms with Crippen molar-refractivity contribution in [1.29, 1.82) is 0 Å². The van der Waals surface area contributed by atoms with Crippen molar-refractivity contribution < 1.29 is 14.7 Å². The van der Waals surface area contributed by atoms with Gasteiger partial charge in [0, 0.05) is 12.5 Å². The molecule has 29 heavy (non-hydrogen) atoms. The third-order valence-electron chi connectivity index (χ3n) is 5.48. The molecule has 0 aliphatic carbocycles. The highest BCUT2D eigenvalue weighted by atomic mass is 16.4. The van der Waals surface area contributed by atoms with Crippen LogP contribution in [-0.4, -0.2) is 17.0 Å². The van der Waals surface area contributed by atoms with Gasteiger partial charge in [0.2, 0.25) is 5.91 Å². The number of unbranched alkanes of at least 4 members (excludes halogenated alkanes) is 3. The van der Waals surface area contributed by atoms with E-state index < -0.39 is 11.9 Å². The van der Waals surface area contributed by atoms with Crippen molar-refractivity contribution in [2.45, 2.75) is 65.3 Å². The molecule has 0 heterocycles. The van der Waals surface area contributed by atoms with Gasteiger partial charge in [0.15, 0.2) is 0 Å². The molecule has 4 heteroatoms. The summed E-state index contributed by atoms with van der Waals surface area (Å²) in [6, 6.07) is 15.7. The first-order valence-corrected chi connectivity index (χ1v) is 10.6. The van der Waals surface area contributed by atoms with Crippen molar-refractivity contribution >= 4 is 11.9 Å². The number of benzene rings is 2. The van der Waals surface area contributed by atoms with Crippen LogP contribution in [0, 0.1) is 5.92 Å². The summed E-state index contributed by atoms with van der Waals surface area (Å²) in [4.78, 5) is 23.9. The minimum Gasteiger partial charge on any atom is -0.481 e. The lowest BCUT2D eigenvalue weighted by molar-refractivity contribution is -0.138. The molecule has 0 saturated carbocycles. The van der Waals surface area contributed by atoms with Gasteiger partial charge in [-0.2, -0.15) is 0 Å². The first-order valence-electron chi connectivity index (χ1n) is 10.6. The molecule has 2 unspecified atom stereocenters. The lowest BCUT2D eigenvalue weighted by Crippen LogP contribution is -2.29. The van der Waals surface area contributed by atoms with Crippen molar-refractivity contribution in [2.75, 3.05) is 0 Å². The number of hydrogen-bond donors (Lipinski definition) is 2. The number of carboxylic acids is 1. The molecule has 0 aromatic heterocycles. The number of aliphatic carboxylic acids is 1. The zero-order valence-electron chi connectivity index (χ0n) is 17.8. The fourth-order valence-electron chi connectivity index (χ4n) is 3.44. The van der Waals surface area contributed by atoms with Crippen LogP contribution in [0.3, 0.4) is 0 Å². The molecule has 0 bridgehead atoms. The van der Waals surface area contributed by atoms with Gasteiger partial charge >= 0.3 is 5.97 Å². The molecular weight excluding hydrogens is 362 g/mol. The van der Waals surface area contributed by atoms with Gasteiger partial charge in [0.25, 0.3) is 0 Å². The second-order valence-corrected chi connectivity index (χ2v) is 7.81. The minimum absolute atomic E-state index is 0.0202. The molecule has 0 radical (unpaired) electrons. The summed E-state index contributed by atoms with van der Waals surface area (Å²) in [5.74, 6) is -1.41. The first kappa shape index (κ1) is 22.7. The lowest BCUT2D eigenvalue weighted by Gasteiger charge is -2.17. The topological polar surface area (TPSA) is 66.4 Å². The van der Waals surface area contributed by atoms with Crippen molar-refractivity contribution in [3.8, 4) is 11.1 Å². The van der Waals surface area contributed by atoms with Crippen LogP contribution in [-0.2, 0) is 16.1 Å². The predicted molar refractivity (Wildman–Crippen MR) is 118 cm³/mol. The van der Waals surface area contributed by atoms with Crippen LogP contribution in [0.2, 0.25) is 0 Å². The molecule has 2 N–H and O–H groups in total. The van der Waals surface area contributed by atoms with E-state index in [1.165, 1.54) is 19.3 Å². The third-order valence-corrected chi connectivity index (χ3v) is 5.48. The average Bonchev–Trinajstić information content (AvgIpc) is 2.74. The van der Waals surface area contributed by atoms with Gasteiger partial charge in [0.05, 0.1) is 5.92 Å². The fraction of sp³-hybridized carbons (Fsp3) is 0.440. The van der Waals surface area contributed by atoms with Crippen LogP contribution in [0.15, 0.2) is 48.5 Å². The van der Waals surface area contributed by atoms with Gasteiger partial charge in [-0.1, -0.05) is 88.1 Å². The zero-order chi connectivity index (χ0) is 21.2. The van der Waals surface area contributed by atoms with Crippen LogP contribution in [0.5, 0.6) is 0 Å². The van der Waals surface area contributed by atoms with Gasteiger partial charge in [-0.15, -0.1) is 0 Å². The Morgan fingerprint density at radius 2 is 1.72 bits per heavy atom. The Balaban J connectivity index is 2.14. The zero-order valence-corrected chi connectivity index (χ0v) is 17.8. The highest BCUT2D eigenvalue weighted by molar-refractivity contribution is 5.79. The highest BCUT2D eigenvalue weighted by Gasteiger charge is 2.17. The van der Waals surface area contributed by atoms with E-state index in [0.717, 1.165) is 35.1 Å². The van der Waals surface area contributed by atoms with Gasteiger partial charge in [-0.25, -0.2) is 0 Å². The van der Waals surface area contributed by atoms with Crippen LogP contribution in [0.4, 0.5) is 0 Å². The fourth-order valence-corrected chi connectivity index (χ4v) is 3.44. The number of amides is 1. The van der Waals surface area contributed by atoms with Crippen molar-refractivity contribution in [3.63, 3.8) is 0 Å². The van der Waals surface area contributed by atoms with Crippen LogP contribution >= 0.6 is 0 Å². The number of carbonyl (C=O) groups excluding carboxylic acids is 1. The second-order valence-electron chi connectivity index (χ2n) is 7.81. The van der Waals surface area contributed by atoms with Crippen LogP contribution in [0.25, 0.3) is 11.1 Å². The third kappa shape index (κ3) is 6.74. The second kappa shape index (κ2) is 11.4. The monoisotopic (exact) mass is 395 g/mol. The van der Waals surface area contributed by atoms with Gasteiger partial charge in [0.1, 0.15) is 0 Å². The molecule has 0 aliphatic heterocycles. The Kier molecular flexibility index (Phi) is 8.91. The molecule has 0 saturated heterocycles. The molecule has 1 amide bonds. The number of nitrogens with one attached hydrogen (secondary N) is 1. The Labute approximate surface area is 174 Å². The van der Waals surface area contributed by atoms with Gasteiger partial charge < -0.3 is 10.4 Å². The van der Waals surface area contributed by atoms with E-state index in [4.69, 9.17) is 0 Å². The molecule has 2 rings (SSSR count). The summed E-state index contributed by atoms with van der Waals surface area (Å²) in [7, 11) is 0. The highest BCUT2D eigenvalue weighted by Crippen LogP contribution is 2.28. The van der Waals surface area contributed by atoms with E-state index in [1.807, 2.05) is 55.5 Å². The van der Waals surface area contributed by atoms with E-state index in [9.17, 15) is 14.7 Å². The van der Waals surface area contributed by atoms with Crippen LogP contribution < -0.4 is 5.32 Å². The summed E-state index contributed by atoms with van der Waals surface area (Å²) < 4.78 is 0. The number of hydrogen-bond acceptors (Lipinski definition) is 2. The van der Waals surface area contributed by atoms with Gasteiger partial charge in [-0.3, -0.25) is 9.59 Å². The maximum absolute atomic E-state index is 12.5. The summed E-state index contributed by atoms with van der Waals surface area (Å²) in [6.07, 6.45) is 5.54. The molecule has 2 aromatic rings. The maximum atomic E-state index is 12.5. The van der Waals surface area contributed by atoms with E-state index in [1.54, 1.807) is 6.92 Å². The number of carboxylic acid groups (broad SMARTS) is 1. The van der Waals surface area contributed by atoms with E-state index >= 15 is 0 Å². The molecule has 4 nitrogen and oxygen atoms in total. The average molecular weight is 396 g/mol. The lowest BCUT2D eigenvalue weighted by atomic mass is 9.92. The molecule has 0 spiro atoms. The summed E-state index contributed by atoms with van der Waals surface area (Å²) in [6.45, 7) is 6.23. The van der Waals surface area contributed by atoms with Crippen molar-refractivity contribution in [2.24, 2.45) is 5.92 Å². The van der Waals surface area contributed by atoms with Crippen molar-refractivity contribution in [3.05, 3.63) is 59.7 Å². The molecule has 2 aromatic carbocycles. The SMILES string of the molecule is CCCCCCC(C)C(=O)NCc1cc(C(C)C(=O)O)ccc1-c1ccccc1. The van der Waals surface area contributed by atoms with Crippen molar-refractivity contribution in [1.82, 2.24) is 5.32 Å². The minimum atomic E-state index is -0.854. The molecule has 0 aliphatic rings. The largest absolute Gasteiger partial charge is 0.481 e. The molecule has 0 fully saturated rings. The maximum Gasteiger partial charge on any atom is 0.310 e. The number of carbonyl (C=O) groups is 2. The number of rotatable bonds is 11. The van der Waals surface area contributed by atoms with E-state index in [2.05, 4.69) is 12.2 Å². The normalized spacial score (nSPS) is 12.9. The first-order chi connectivity index (χ1) is 13.9. The Hall–Kier alpha value is -2.62. The Bertz CT molecular complexity index is 801. The summed E-state index contributed by atoms with van der Waals surface area (Å²) in [5, 5.41) is 12.4. The Morgan fingerprint density at radius 3 is 2.38 bits per heavy atom. The molecule has 156 valence electrons. The summed E-state index contributed by atoms with van der Waals surface area (Å²) >= 11 is 0. The molecule has 2 atom stereocenters. The van der Waals surface area contributed by atoms with Crippen LogP contribution in [0.1, 0.15) is 69.9 Å².